The van der Waals surface area contributed by atoms with Crippen molar-refractivity contribution in [2.24, 2.45) is 0 Å². The van der Waals surface area contributed by atoms with Gasteiger partial charge in [0.25, 0.3) is 0 Å². The van der Waals surface area contributed by atoms with Crippen LogP contribution in [0.15, 0.2) is 54.6 Å². The lowest BCUT2D eigenvalue weighted by atomic mass is 10.2. The van der Waals surface area contributed by atoms with Gasteiger partial charge in [0.2, 0.25) is 11.8 Å². The standard InChI is InChI=1S/C17H17N3O3/c21-16-11-18-10-15(20-16)17(22)19-12-5-4-8-14(9-12)23-13-6-2-1-3-7-13/h1-9,15,18H,10-11H2,(H,19,22)(H,20,21). The maximum absolute atomic E-state index is 12.2. The molecule has 6 heteroatoms. The summed E-state index contributed by atoms with van der Waals surface area (Å²) in [6.07, 6.45) is 0. The van der Waals surface area contributed by atoms with E-state index in [1.807, 2.05) is 36.4 Å². The summed E-state index contributed by atoms with van der Waals surface area (Å²) in [4.78, 5) is 23.5. The smallest absolute Gasteiger partial charge is 0.248 e. The van der Waals surface area contributed by atoms with Gasteiger partial charge in [-0.3, -0.25) is 9.59 Å². The molecule has 1 unspecified atom stereocenters. The summed E-state index contributed by atoms with van der Waals surface area (Å²) >= 11 is 0. The first-order valence-corrected chi connectivity index (χ1v) is 7.34. The van der Waals surface area contributed by atoms with Crippen molar-refractivity contribution < 1.29 is 14.3 Å². The summed E-state index contributed by atoms with van der Waals surface area (Å²) < 4.78 is 5.73. The number of piperazine rings is 1. The number of anilines is 1. The van der Waals surface area contributed by atoms with Crippen molar-refractivity contribution in [3.05, 3.63) is 54.6 Å². The second-order valence-corrected chi connectivity index (χ2v) is 5.18. The molecular weight excluding hydrogens is 294 g/mol. The molecule has 3 rings (SSSR count). The minimum atomic E-state index is -0.574. The van der Waals surface area contributed by atoms with Crippen molar-refractivity contribution >= 4 is 17.5 Å². The average Bonchev–Trinajstić information content (AvgIpc) is 2.56. The molecule has 2 aromatic carbocycles. The van der Waals surface area contributed by atoms with Crippen LogP contribution in [-0.4, -0.2) is 30.9 Å². The van der Waals surface area contributed by atoms with Gasteiger partial charge in [0.05, 0.1) is 6.54 Å². The Bertz CT molecular complexity index is 703. The number of ether oxygens (including phenoxy) is 1. The summed E-state index contributed by atoms with van der Waals surface area (Å²) in [6, 6.07) is 15.9. The third kappa shape index (κ3) is 4.08. The number of rotatable bonds is 4. The van der Waals surface area contributed by atoms with E-state index in [1.54, 1.807) is 18.2 Å². The van der Waals surface area contributed by atoms with E-state index >= 15 is 0 Å². The van der Waals surface area contributed by atoms with E-state index in [0.29, 0.717) is 18.0 Å². The quantitative estimate of drug-likeness (QED) is 0.799. The fourth-order valence-corrected chi connectivity index (χ4v) is 2.28. The Morgan fingerprint density at radius 3 is 2.65 bits per heavy atom. The fraction of sp³-hybridized carbons (Fsp3) is 0.176. The molecule has 2 aromatic rings. The van der Waals surface area contributed by atoms with Gasteiger partial charge in [-0.2, -0.15) is 0 Å². The Balaban J connectivity index is 1.65. The number of benzene rings is 2. The highest BCUT2D eigenvalue weighted by molar-refractivity contribution is 5.98. The van der Waals surface area contributed by atoms with E-state index in [4.69, 9.17) is 4.74 Å². The van der Waals surface area contributed by atoms with Crippen molar-refractivity contribution in [3.63, 3.8) is 0 Å². The normalized spacial score (nSPS) is 17.2. The van der Waals surface area contributed by atoms with Gasteiger partial charge in [0, 0.05) is 18.3 Å². The lowest BCUT2D eigenvalue weighted by Crippen LogP contribution is -2.57. The summed E-state index contributed by atoms with van der Waals surface area (Å²) in [5.41, 5.74) is 0.614. The molecule has 0 aromatic heterocycles. The fourth-order valence-electron chi connectivity index (χ4n) is 2.28. The largest absolute Gasteiger partial charge is 0.457 e. The molecule has 0 spiro atoms. The summed E-state index contributed by atoms with van der Waals surface area (Å²) in [5.74, 6) is 0.902. The van der Waals surface area contributed by atoms with Gasteiger partial charge in [0.1, 0.15) is 17.5 Å². The molecule has 1 aliphatic heterocycles. The Kier molecular flexibility index (Phi) is 4.54. The average molecular weight is 311 g/mol. The van der Waals surface area contributed by atoms with Crippen LogP contribution in [0.4, 0.5) is 5.69 Å². The van der Waals surface area contributed by atoms with Crippen molar-refractivity contribution in [1.29, 1.82) is 0 Å². The number of para-hydroxylation sites is 1. The van der Waals surface area contributed by atoms with Crippen molar-refractivity contribution in [1.82, 2.24) is 10.6 Å². The predicted octanol–water partition coefficient (Wildman–Crippen LogP) is 1.51. The summed E-state index contributed by atoms with van der Waals surface area (Å²) in [7, 11) is 0. The zero-order valence-corrected chi connectivity index (χ0v) is 12.4. The molecule has 23 heavy (non-hydrogen) atoms. The molecule has 0 bridgehead atoms. The number of nitrogens with one attached hydrogen (secondary N) is 3. The molecule has 1 saturated heterocycles. The molecule has 1 heterocycles. The van der Waals surface area contributed by atoms with Crippen LogP contribution in [0, 0.1) is 0 Å². The number of hydrogen-bond acceptors (Lipinski definition) is 4. The van der Waals surface area contributed by atoms with Gasteiger partial charge in [-0.15, -0.1) is 0 Å². The lowest BCUT2D eigenvalue weighted by Gasteiger charge is -2.23. The van der Waals surface area contributed by atoms with E-state index < -0.39 is 6.04 Å². The minimum Gasteiger partial charge on any atom is -0.457 e. The minimum absolute atomic E-state index is 0.183. The van der Waals surface area contributed by atoms with Gasteiger partial charge >= 0.3 is 0 Å². The number of amides is 2. The highest BCUT2D eigenvalue weighted by atomic mass is 16.5. The summed E-state index contributed by atoms with van der Waals surface area (Å²) in [6.45, 7) is 0.655. The Morgan fingerprint density at radius 1 is 1.09 bits per heavy atom. The molecule has 2 amide bonds. The second-order valence-electron chi connectivity index (χ2n) is 5.18. The van der Waals surface area contributed by atoms with Gasteiger partial charge in [0.15, 0.2) is 0 Å². The SMILES string of the molecule is O=C1CNCC(C(=O)Nc2cccc(Oc3ccccc3)c2)N1. The van der Waals surface area contributed by atoms with Crippen LogP contribution in [0.1, 0.15) is 0 Å². The third-order valence-electron chi connectivity index (χ3n) is 3.37. The maximum Gasteiger partial charge on any atom is 0.248 e. The molecule has 1 fully saturated rings. The highest BCUT2D eigenvalue weighted by Gasteiger charge is 2.24. The molecule has 0 radical (unpaired) electrons. The first-order chi connectivity index (χ1) is 11.2. The predicted molar refractivity (Wildman–Crippen MR) is 86.4 cm³/mol. The first kappa shape index (κ1) is 15.1. The zero-order chi connectivity index (χ0) is 16.1. The Hall–Kier alpha value is -2.86. The van der Waals surface area contributed by atoms with Crippen LogP contribution in [0.5, 0.6) is 11.5 Å². The van der Waals surface area contributed by atoms with E-state index in [9.17, 15) is 9.59 Å². The molecule has 118 valence electrons. The van der Waals surface area contributed by atoms with Gasteiger partial charge < -0.3 is 20.7 Å². The van der Waals surface area contributed by atoms with Crippen LogP contribution in [0.2, 0.25) is 0 Å². The van der Waals surface area contributed by atoms with Crippen LogP contribution < -0.4 is 20.7 Å². The molecule has 0 saturated carbocycles. The highest BCUT2D eigenvalue weighted by Crippen LogP contribution is 2.23. The Labute approximate surface area is 133 Å². The van der Waals surface area contributed by atoms with Crippen LogP contribution in [0.3, 0.4) is 0 Å². The van der Waals surface area contributed by atoms with E-state index in [0.717, 1.165) is 5.75 Å². The number of carbonyl (C=O) groups excluding carboxylic acids is 2. The van der Waals surface area contributed by atoms with Gasteiger partial charge in [-0.05, 0) is 24.3 Å². The van der Waals surface area contributed by atoms with E-state index in [1.165, 1.54) is 0 Å². The number of hydrogen-bond donors (Lipinski definition) is 3. The van der Waals surface area contributed by atoms with Crippen LogP contribution >= 0.6 is 0 Å². The molecule has 6 nitrogen and oxygen atoms in total. The first-order valence-electron chi connectivity index (χ1n) is 7.34. The van der Waals surface area contributed by atoms with Crippen molar-refractivity contribution in [2.45, 2.75) is 6.04 Å². The topological polar surface area (TPSA) is 79.5 Å². The Morgan fingerprint density at radius 2 is 1.87 bits per heavy atom. The molecular formula is C17H17N3O3. The summed E-state index contributed by atoms with van der Waals surface area (Å²) in [5, 5.41) is 8.33. The lowest BCUT2D eigenvalue weighted by molar-refractivity contribution is -0.127. The third-order valence-corrected chi connectivity index (χ3v) is 3.37. The van der Waals surface area contributed by atoms with Crippen LogP contribution in [0.25, 0.3) is 0 Å². The van der Waals surface area contributed by atoms with Crippen molar-refractivity contribution in [3.8, 4) is 11.5 Å². The monoisotopic (exact) mass is 311 g/mol. The molecule has 3 N–H and O–H groups in total. The van der Waals surface area contributed by atoms with Gasteiger partial charge in [-0.25, -0.2) is 0 Å². The molecule has 1 atom stereocenters. The zero-order valence-electron chi connectivity index (χ0n) is 12.4. The van der Waals surface area contributed by atoms with E-state index in [2.05, 4.69) is 16.0 Å². The maximum atomic E-state index is 12.2. The molecule has 0 aliphatic carbocycles. The van der Waals surface area contributed by atoms with E-state index in [-0.39, 0.29) is 18.4 Å². The van der Waals surface area contributed by atoms with Gasteiger partial charge in [-0.1, -0.05) is 24.3 Å². The number of carbonyl (C=O) groups is 2. The second kappa shape index (κ2) is 6.93. The van der Waals surface area contributed by atoms with Crippen LogP contribution in [-0.2, 0) is 9.59 Å². The molecule has 1 aliphatic rings. The van der Waals surface area contributed by atoms with Crippen molar-refractivity contribution in [2.75, 3.05) is 18.4 Å².